The molecule has 13 rings (SSSR count). The number of nitriles is 1. The molecule has 2 aromatic heterocycles. The van der Waals surface area contributed by atoms with Gasteiger partial charge in [-0.05, 0) is 110 Å². The summed E-state index contributed by atoms with van der Waals surface area (Å²) in [6.45, 7) is 8.84. The summed E-state index contributed by atoms with van der Waals surface area (Å²) in [6.07, 6.45) is -10.2. The van der Waals surface area contributed by atoms with Crippen molar-refractivity contribution in [2.45, 2.75) is 50.9 Å². The molecule has 350 valence electrons. The molecule has 11 aromatic rings. The summed E-state index contributed by atoms with van der Waals surface area (Å²) in [7, 11) is 0. The smallest absolute Gasteiger partial charge is 0.309 e. The number of fused-ring (bicyclic) bond motifs is 14. The van der Waals surface area contributed by atoms with Crippen LogP contribution in [0.25, 0.3) is 99.5 Å². The zero-order chi connectivity index (χ0) is 49.8. The van der Waals surface area contributed by atoms with Gasteiger partial charge in [-0.25, -0.2) is 0 Å². The molecule has 0 atom stereocenters. The third-order valence-electron chi connectivity index (χ3n) is 15.6. The molecule has 3 nitrogen and oxygen atoms in total. The molecule has 0 amide bonds. The van der Waals surface area contributed by atoms with E-state index in [1.807, 2.05) is 78.9 Å². The van der Waals surface area contributed by atoms with Gasteiger partial charge in [0.1, 0.15) is 0 Å². The Balaban J connectivity index is 1.19. The van der Waals surface area contributed by atoms with Crippen molar-refractivity contribution in [1.82, 2.24) is 9.13 Å². The van der Waals surface area contributed by atoms with E-state index in [0.29, 0.717) is 23.0 Å². The molecule has 2 heterocycles. The Morgan fingerprint density at radius 3 is 1.39 bits per heavy atom. The molecule has 9 heteroatoms. The number of halogens is 6. The highest BCUT2D eigenvalue weighted by atomic mass is 19.4. The second-order valence-corrected chi connectivity index (χ2v) is 20.1. The maximum absolute atomic E-state index is 15.6. The van der Waals surface area contributed by atoms with E-state index in [1.54, 1.807) is 18.2 Å². The van der Waals surface area contributed by atoms with Crippen molar-refractivity contribution < 1.29 is 26.3 Å². The zero-order valence-corrected chi connectivity index (χ0v) is 39.4. The molecule has 0 fully saturated rings. The van der Waals surface area contributed by atoms with Gasteiger partial charge >= 0.3 is 12.4 Å². The number of para-hydroxylation sites is 2. The van der Waals surface area contributed by atoms with Gasteiger partial charge in [-0.3, -0.25) is 0 Å². The molecule has 0 bridgehead atoms. The van der Waals surface area contributed by atoms with Crippen molar-refractivity contribution in [1.29, 1.82) is 5.26 Å². The lowest BCUT2D eigenvalue weighted by atomic mass is 9.80. The van der Waals surface area contributed by atoms with Crippen LogP contribution < -0.4 is 0 Å². The van der Waals surface area contributed by atoms with Gasteiger partial charge in [0, 0.05) is 43.5 Å². The standard InChI is InChI=1S/C63H41F6N3/c1-60(2)45-21-9-5-16-37(45)41-29-31-52-56(58(41)60)43-18-7-11-23-48(43)71(52)50-25-13-15-35(34-70)54(50)55-40(39-28-27-36(62(64,65)66)33-47(39)63(67,68)69)20-14-26-51(55)72-49-24-12-8-19-44(49)57-53(72)32-30-42-38-17-6-10-22-46(38)61(3,4)59(42)57/h5-33H,1-4H3. The number of hydrogen-bond acceptors (Lipinski definition) is 1. The quantitative estimate of drug-likeness (QED) is 0.162. The molecule has 2 aliphatic rings. The van der Waals surface area contributed by atoms with Gasteiger partial charge in [0.25, 0.3) is 0 Å². The number of benzene rings is 9. The fraction of sp³-hybridized carbons (Fsp3) is 0.127. The van der Waals surface area contributed by atoms with Crippen molar-refractivity contribution in [2.24, 2.45) is 0 Å². The molecule has 0 spiro atoms. The highest BCUT2D eigenvalue weighted by molar-refractivity contribution is 6.17. The molecule has 0 aliphatic heterocycles. The van der Waals surface area contributed by atoms with Crippen LogP contribution >= 0.6 is 0 Å². The SMILES string of the molecule is CC1(C)c2ccccc2-c2ccc3c(c21)c1ccccc1n3-c1cccc(C#N)c1-c1c(-c2ccc(C(F)(F)F)cc2C(F)(F)F)cccc1-n1c2ccccc2c2c3c(ccc21)-c1ccccc1C3(C)C. The first-order valence-electron chi connectivity index (χ1n) is 23.8. The van der Waals surface area contributed by atoms with Gasteiger partial charge in [0.15, 0.2) is 0 Å². The summed E-state index contributed by atoms with van der Waals surface area (Å²) >= 11 is 0. The van der Waals surface area contributed by atoms with Gasteiger partial charge in [0.05, 0.1) is 56.2 Å². The number of nitrogens with zero attached hydrogens (tertiary/aromatic N) is 3. The number of alkyl halides is 6. The molecule has 0 saturated heterocycles. The van der Waals surface area contributed by atoms with Crippen LogP contribution in [0.15, 0.2) is 176 Å². The Labute approximate surface area is 410 Å². The van der Waals surface area contributed by atoms with Crippen molar-refractivity contribution in [3.63, 3.8) is 0 Å². The first-order chi connectivity index (χ1) is 34.5. The number of hydrogen-bond donors (Lipinski definition) is 0. The second-order valence-electron chi connectivity index (χ2n) is 20.1. The molecule has 0 N–H and O–H groups in total. The van der Waals surface area contributed by atoms with Crippen LogP contribution in [0, 0.1) is 11.3 Å². The van der Waals surface area contributed by atoms with Crippen LogP contribution in [0.1, 0.15) is 66.6 Å². The fourth-order valence-electron chi connectivity index (χ4n) is 12.7. The van der Waals surface area contributed by atoms with E-state index < -0.39 is 39.9 Å². The van der Waals surface area contributed by atoms with Crippen LogP contribution in [0.4, 0.5) is 26.3 Å². The molecule has 0 radical (unpaired) electrons. The lowest BCUT2D eigenvalue weighted by Crippen LogP contribution is -2.15. The summed E-state index contributed by atoms with van der Waals surface area (Å²) in [5.74, 6) is 0. The fourth-order valence-corrected chi connectivity index (χ4v) is 12.7. The topological polar surface area (TPSA) is 33.6 Å². The Kier molecular flexibility index (Phi) is 9.00. The van der Waals surface area contributed by atoms with Crippen LogP contribution in [0.5, 0.6) is 0 Å². The van der Waals surface area contributed by atoms with E-state index >= 15 is 13.2 Å². The molecular formula is C63H41F6N3. The minimum absolute atomic E-state index is 0.00978. The van der Waals surface area contributed by atoms with Gasteiger partial charge < -0.3 is 9.13 Å². The molecule has 72 heavy (non-hydrogen) atoms. The lowest BCUT2D eigenvalue weighted by Gasteiger charge is -2.25. The molecule has 9 aromatic carbocycles. The van der Waals surface area contributed by atoms with Crippen molar-refractivity contribution >= 4 is 43.6 Å². The van der Waals surface area contributed by atoms with E-state index in [0.717, 1.165) is 83.1 Å². The summed E-state index contributed by atoms with van der Waals surface area (Å²) in [4.78, 5) is 0. The average molecular weight is 954 g/mol. The van der Waals surface area contributed by atoms with E-state index in [2.05, 4.69) is 97.5 Å². The molecule has 0 unspecified atom stereocenters. The van der Waals surface area contributed by atoms with Crippen LogP contribution in [0.3, 0.4) is 0 Å². The van der Waals surface area contributed by atoms with Crippen molar-refractivity contribution in [3.05, 3.63) is 215 Å². The first kappa shape index (κ1) is 43.7. The van der Waals surface area contributed by atoms with E-state index in [-0.39, 0.29) is 22.8 Å². The van der Waals surface area contributed by atoms with Gasteiger partial charge in [-0.1, -0.05) is 149 Å². The first-order valence-corrected chi connectivity index (χ1v) is 23.8. The normalized spacial score (nSPS) is 14.5. The minimum atomic E-state index is -5.20. The highest BCUT2D eigenvalue weighted by Gasteiger charge is 2.42. The highest BCUT2D eigenvalue weighted by Crippen LogP contribution is 2.57. The lowest BCUT2D eigenvalue weighted by molar-refractivity contribution is -0.142. The van der Waals surface area contributed by atoms with Gasteiger partial charge in [-0.2, -0.15) is 31.6 Å². The molecule has 0 saturated carbocycles. The van der Waals surface area contributed by atoms with Gasteiger partial charge in [0.2, 0.25) is 0 Å². The van der Waals surface area contributed by atoms with E-state index in [1.165, 1.54) is 17.2 Å². The van der Waals surface area contributed by atoms with Crippen LogP contribution in [-0.4, -0.2) is 9.13 Å². The largest absolute Gasteiger partial charge is 0.417 e. The van der Waals surface area contributed by atoms with E-state index in [9.17, 15) is 18.4 Å². The molecular weight excluding hydrogens is 913 g/mol. The minimum Gasteiger partial charge on any atom is -0.309 e. The van der Waals surface area contributed by atoms with Crippen molar-refractivity contribution in [2.75, 3.05) is 0 Å². The Morgan fingerprint density at radius 1 is 0.417 bits per heavy atom. The van der Waals surface area contributed by atoms with Crippen LogP contribution in [0.2, 0.25) is 0 Å². The summed E-state index contributed by atoms with van der Waals surface area (Å²) in [5.41, 5.74) is 9.77. The zero-order valence-electron chi connectivity index (χ0n) is 39.4. The van der Waals surface area contributed by atoms with Crippen LogP contribution in [-0.2, 0) is 23.2 Å². The van der Waals surface area contributed by atoms with Gasteiger partial charge in [-0.15, -0.1) is 0 Å². The summed E-state index contributed by atoms with van der Waals surface area (Å²) in [5, 5.41) is 15.2. The number of rotatable bonds is 4. The second kappa shape index (κ2) is 14.8. The predicted molar refractivity (Wildman–Crippen MR) is 276 cm³/mol. The number of aromatic nitrogens is 2. The predicted octanol–water partition coefficient (Wildman–Crippen LogP) is 17.7. The summed E-state index contributed by atoms with van der Waals surface area (Å²) < 4.78 is 94.0. The Hall–Kier alpha value is -8.35. The Bertz CT molecular complexity index is 4210. The van der Waals surface area contributed by atoms with E-state index in [4.69, 9.17) is 0 Å². The summed E-state index contributed by atoms with van der Waals surface area (Å²) in [6, 6.07) is 55.6. The Morgan fingerprint density at radius 2 is 0.875 bits per heavy atom. The van der Waals surface area contributed by atoms with Crippen molar-refractivity contribution in [3.8, 4) is 62.0 Å². The third-order valence-corrected chi connectivity index (χ3v) is 15.6. The maximum Gasteiger partial charge on any atom is 0.417 e. The monoisotopic (exact) mass is 953 g/mol. The molecule has 2 aliphatic carbocycles. The third kappa shape index (κ3) is 5.86. The average Bonchev–Trinajstić information content (AvgIpc) is 4.04. The maximum atomic E-state index is 15.6.